The molecular weight excluding hydrogens is 187 g/mol. The summed E-state index contributed by atoms with van der Waals surface area (Å²) < 4.78 is 0. The molecule has 0 spiro atoms. The zero-order valence-corrected chi connectivity index (χ0v) is 8.40. The molecule has 43 valence electrons. The quantitative estimate of drug-likeness (QED) is 0.442. The lowest BCUT2D eigenvalue weighted by Crippen LogP contribution is -2.29. The van der Waals surface area contributed by atoms with Crippen LogP contribution in [0.5, 0.6) is 0 Å². The van der Waals surface area contributed by atoms with Crippen LogP contribution < -0.4 is 0 Å². The van der Waals surface area contributed by atoms with Crippen molar-refractivity contribution < 1.29 is 0 Å². The Morgan fingerprint density at radius 2 is 1.57 bits per heavy atom. The Morgan fingerprint density at radius 1 is 1.43 bits per heavy atom. The summed E-state index contributed by atoms with van der Waals surface area (Å²) in [6.45, 7) is 3.76. The number of halogens is 3. The van der Waals surface area contributed by atoms with E-state index in [1.807, 2.05) is 13.1 Å². The second-order valence-corrected chi connectivity index (χ2v) is 19.2. The first-order valence-electron chi connectivity index (χ1n) is 1.82. The zero-order chi connectivity index (χ0) is 6.08. The normalized spacial score (nSPS) is 12.9. The van der Waals surface area contributed by atoms with Gasteiger partial charge in [0.05, 0.1) is 0 Å². The fourth-order valence-electron chi connectivity index (χ4n) is 0. The Bertz CT molecular complexity index is 56.4. The molecule has 0 aliphatic rings. The van der Waals surface area contributed by atoms with E-state index in [1.165, 1.54) is 0 Å². The van der Waals surface area contributed by atoms with E-state index >= 15 is 0 Å². The van der Waals surface area contributed by atoms with Gasteiger partial charge >= 0.3 is 0 Å². The molecule has 0 fully saturated rings. The Morgan fingerprint density at radius 3 is 1.57 bits per heavy atom. The first-order valence-corrected chi connectivity index (χ1v) is 10.4. The van der Waals surface area contributed by atoms with Crippen molar-refractivity contribution in [3.05, 3.63) is 0 Å². The molecule has 0 amide bonds. The third-order valence-electron chi connectivity index (χ3n) is 0.605. The average molecular weight is 193 g/mol. The number of hydrogen-bond acceptors (Lipinski definition) is 0. The lowest BCUT2D eigenvalue weighted by Gasteiger charge is -2.08. The van der Waals surface area contributed by atoms with E-state index in [1.54, 1.807) is 0 Å². The highest BCUT2D eigenvalue weighted by Crippen LogP contribution is 2.19. The summed E-state index contributed by atoms with van der Waals surface area (Å²) >= 11 is 17.0. The minimum atomic E-state index is -1.92. The minimum Gasteiger partial charge on any atom is -0.170 e. The summed E-state index contributed by atoms with van der Waals surface area (Å²) in [7, 11) is -0.908. The van der Waals surface area contributed by atoms with Crippen LogP contribution in [-0.4, -0.2) is 13.8 Å². The van der Waals surface area contributed by atoms with Crippen molar-refractivity contribution in [2.24, 2.45) is 0 Å². The standard InChI is InChI=1S/C2H6Cl3Si2/c1-6(3)7(2,4)5/h1-2H3. The van der Waals surface area contributed by atoms with Gasteiger partial charge in [-0.05, 0) is 6.55 Å². The molecule has 1 radical (unpaired) electrons. The summed E-state index contributed by atoms with van der Waals surface area (Å²) in [6.07, 6.45) is -1.92. The molecule has 0 aromatic carbocycles. The first kappa shape index (κ1) is 8.30. The molecule has 0 aliphatic carbocycles. The van der Waals surface area contributed by atoms with Crippen LogP contribution in [0, 0.1) is 0 Å². The van der Waals surface area contributed by atoms with Gasteiger partial charge in [-0.15, -0.1) is 22.2 Å². The van der Waals surface area contributed by atoms with Crippen LogP contribution in [0.15, 0.2) is 0 Å². The molecule has 5 heteroatoms. The van der Waals surface area contributed by atoms with Crippen LogP contribution >= 0.6 is 33.2 Å². The molecule has 0 rings (SSSR count). The van der Waals surface area contributed by atoms with Gasteiger partial charge in [-0.1, -0.05) is 6.55 Å². The monoisotopic (exact) mass is 191 g/mol. The summed E-state index contributed by atoms with van der Waals surface area (Å²) in [5.41, 5.74) is 0. The highest BCUT2D eigenvalue weighted by molar-refractivity contribution is 7.77. The molecule has 0 nitrogen and oxygen atoms in total. The van der Waals surface area contributed by atoms with Crippen molar-refractivity contribution in [1.29, 1.82) is 0 Å². The molecule has 0 saturated carbocycles. The Balaban J connectivity index is 3.54. The van der Waals surface area contributed by atoms with E-state index in [-0.39, 0.29) is 0 Å². The molecule has 0 N–H and O–H groups in total. The van der Waals surface area contributed by atoms with Crippen LogP contribution in [0.4, 0.5) is 0 Å². The fourth-order valence-corrected chi connectivity index (χ4v) is 0. The van der Waals surface area contributed by atoms with E-state index in [0.29, 0.717) is 0 Å². The zero-order valence-electron chi connectivity index (χ0n) is 4.13. The lowest BCUT2D eigenvalue weighted by molar-refractivity contribution is 2.22. The molecule has 7 heavy (non-hydrogen) atoms. The van der Waals surface area contributed by atoms with Gasteiger partial charge in [-0.2, -0.15) is 11.1 Å². The molecule has 0 atom stereocenters. The van der Waals surface area contributed by atoms with Crippen molar-refractivity contribution in [2.75, 3.05) is 0 Å². The molecule has 0 aromatic rings. The maximum atomic E-state index is 5.69. The third-order valence-corrected chi connectivity index (χ3v) is 15.7. The maximum Gasteiger partial charge on any atom is 0.252 e. The van der Waals surface area contributed by atoms with Gasteiger partial charge in [0.2, 0.25) is 0 Å². The molecule has 0 saturated heterocycles. The van der Waals surface area contributed by atoms with Crippen LogP contribution in [0.3, 0.4) is 0 Å². The second kappa shape index (κ2) is 2.73. The highest BCUT2D eigenvalue weighted by atomic mass is 35.7. The van der Waals surface area contributed by atoms with Crippen molar-refractivity contribution in [3.8, 4) is 0 Å². The Labute approximate surface area is 60.3 Å². The number of hydrogen-bond donors (Lipinski definition) is 0. The molecular formula is C2H6Cl3Si2. The minimum absolute atomic E-state index is 0.908. The molecule has 0 aromatic heterocycles. The van der Waals surface area contributed by atoms with Gasteiger partial charge in [-0.3, -0.25) is 0 Å². The van der Waals surface area contributed by atoms with Gasteiger partial charge in [0.1, 0.15) is 0 Å². The predicted molar refractivity (Wildman–Crippen MR) is 40.8 cm³/mol. The van der Waals surface area contributed by atoms with Crippen molar-refractivity contribution in [1.82, 2.24) is 0 Å². The van der Waals surface area contributed by atoms with Gasteiger partial charge in [-0.25, -0.2) is 0 Å². The molecule has 0 unspecified atom stereocenters. The number of rotatable bonds is 1. The van der Waals surface area contributed by atoms with Gasteiger partial charge < -0.3 is 0 Å². The van der Waals surface area contributed by atoms with E-state index < -0.39 is 13.8 Å². The van der Waals surface area contributed by atoms with Crippen LogP contribution in [-0.2, 0) is 0 Å². The van der Waals surface area contributed by atoms with Crippen LogP contribution in [0.25, 0.3) is 0 Å². The molecule has 0 bridgehead atoms. The molecule has 0 aliphatic heterocycles. The fraction of sp³-hybridized carbons (Fsp3) is 1.00. The topological polar surface area (TPSA) is 0 Å². The van der Waals surface area contributed by atoms with E-state index in [4.69, 9.17) is 33.2 Å². The molecule has 0 heterocycles. The van der Waals surface area contributed by atoms with E-state index in [9.17, 15) is 0 Å². The predicted octanol–water partition coefficient (Wildman–Crippen LogP) is 2.47. The van der Waals surface area contributed by atoms with Crippen molar-refractivity contribution in [2.45, 2.75) is 13.1 Å². The highest BCUT2D eigenvalue weighted by Gasteiger charge is 2.29. The maximum absolute atomic E-state index is 5.69. The lowest BCUT2D eigenvalue weighted by atomic mass is 11.9. The van der Waals surface area contributed by atoms with Gasteiger partial charge in [0, 0.05) is 0 Å². The summed E-state index contributed by atoms with van der Waals surface area (Å²) in [6, 6.07) is 0. The Hall–Kier alpha value is 1.30. The van der Waals surface area contributed by atoms with Crippen LogP contribution in [0.2, 0.25) is 13.1 Å². The van der Waals surface area contributed by atoms with Crippen LogP contribution in [0.1, 0.15) is 0 Å². The van der Waals surface area contributed by atoms with E-state index in [2.05, 4.69) is 0 Å². The average Bonchev–Trinajstić information content (AvgIpc) is 1.31. The smallest absolute Gasteiger partial charge is 0.170 e. The first-order chi connectivity index (χ1) is 2.94. The second-order valence-electron chi connectivity index (χ2n) is 1.42. The SMILES string of the molecule is C[Si](Cl)[Si](C)(Cl)Cl. The summed E-state index contributed by atoms with van der Waals surface area (Å²) in [5, 5.41) is 0. The van der Waals surface area contributed by atoms with Crippen molar-refractivity contribution >= 4 is 47.1 Å². The third kappa shape index (κ3) is 3.85. The largest absolute Gasteiger partial charge is 0.252 e. The summed E-state index contributed by atoms with van der Waals surface area (Å²) in [5.74, 6) is 0. The Kier molecular flexibility index (Phi) is 3.24. The van der Waals surface area contributed by atoms with Crippen molar-refractivity contribution in [3.63, 3.8) is 0 Å². The summed E-state index contributed by atoms with van der Waals surface area (Å²) in [4.78, 5) is 0. The van der Waals surface area contributed by atoms with Gasteiger partial charge in [0.25, 0.3) is 6.21 Å². The van der Waals surface area contributed by atoms with E-state index in [0.717, 1.165) is 0 Å². The van der Waals surface area contributed by atoms with Gasteiger partial charge in [0.15, 0.2) is 7.62 Å².